The summed E-state index contributed by atoms with van der Waals surface area (Å²) in [7, 11) is 7.62. The summed E-state index contributed by atoms with van der Waals surface area (Å²) in [5.41, 5.74) is 10.5. The number of likely N-dealkylation sites (N-methyl/N-ethyl adjacent to an activating group) is 1. The van der Waals surface area contributed by atoms with Crippen molar-refractivity contribution in [1.29, 1.82) is 5.26 Å². The van der Waals surface area contributed by atoms with Gasteiger partial charge in [0.25, 0.3) is 11.8 Å². The Labute approximate surface area is 374 Å². The van der Waals surface area contributed by atoms with Gasteiger partial charge in [0.1, 0.15) is 29.9 Å². The Morgan fingerprint density at radius 2 is 1.59 bits per heavy atom. The molecule has 0 saturated heterocycles. The van der Waals surface area contributed by atoms with Crippen LogP contribution in [0.4, 0.5) is 10.1 Å². The highest BCUT2D eigenvalue weighted by molar-refractivity contribution is 6.14. The number of aromatic nitrogens is 2. The van der Waals surface area contributed by atoms with Gasteiger partial charge in [-0.2, -0.15) is 5.26 Å². The number of ether oxygens (including phenoxy) is 1. The molecule has 328 valence electrons. The van der Waals surface area contributed by atoms with Crippen molar-refractivity contribution in [3.05, 3.63) is 153 Å². The molecule has 2 aliphatic rings. The van der Waals surface area contributed by atoms with Gasteiger partial charge in [0.15, 0.2) is 0 Å². The van der Waals surface area contributed by atoms with E-state index in [-0.39, 0.29) is 42.3 Å². The number of para-hydroxylation sites is 1. The van der Waals surface area contributed by atoms with E-state index in [2.05, 4.69) is 36.5 Å². The summed E-state index contributed by atoms with van der Waals surface area (Å²) in [5, 5.41) is 13.3. The van der Waals surface area contributed by atoms with Crippen LogP contribution in [0.1, 0.15) is 72.5 Å². The maximum absolute atomic E-state index is 15.4. The second kappa shape index (κ2) is 18.0. The number of halogens is 1. The van der Waals surface area contributed by atoms with Gasteiger partial charge in [-0.3, -0.25) is 14.4 Å². The number of rotatable bonds is 11. The van der Waals surface area contributed by atoms with Crippen LogP contribution in [0, 0.1) is 31.0 Å². The van der Waals surface area contributed by atoms with Crippen molar-refractivity contribution < 1.29 is 23.5 Å². The number of amides is 3. The number of hydrogen-bond donors (Lipinski definition) is 1. The molecule has 3 amide bonds. The fourth-order valence-corrected chi connectivity index (χ4v) is 9.12. The van der Waals surface area contributed by atoms with Crippen LogP contribution < -0.4 is 10.1 Å². The number of carbonyl (C=O) groups is 3. The maximum Gasteiger partial charge on any atom is 0.258 e. The van der Waals surface area contributed by atoms with Crippen molar-refractivity contribution in [2.75, 3.05) is 39.1 Å². The van der Waals surface area contributed by atoms with Crippen LogP contribution in [0.5, 0.6) is 5.75 Å². The standard InChI is InChI=1S/C52H54FN7O4/c1-32-23-35-13-11-12-14-38(35)31-60(32)52(63)45-25-39-30-59(47(61)26-37-17-18-42(28-46(37)53)64-22-21-56(4)5)20-19-36(39)24-44(45)50-49(43-27-41(29-54)57(6)33(43)2)48(34(3)58(50)7)51(62)55-40-15-9-8-10-16-40/h8-18,24-25,27-28,32H,19-23,26,30-31H2,1-7H3,(H,55,62)/t32-/m1/s1. The lowest BCUT2D eigenvalue weighted by atomic mass is 9.87. The molecule has 0 saturated carbocycles. The van der Waals surface area contributed by atoms with Gasteiger partial charge in [0, 0.05) is 91.7 Å². The fraction of sp³-hybridized carbons (Fsp3) is 0.308. The molecule has 0 aliphatic carbocycles. The molecule has 0 bridgehead atoms. The van der Waals surface area contributed by atoms with E-state index in [0.717, 1.165) is 22.4 Å². The van der Waals surface area contributed by atoms with Crippen molar-refractivity contribution in [2.24, 2.45) is 14.1 Å². The Balaban J connectivity index is 1.23. The van der Waals surface area contributed by atoms with E-state index in [1.807, 2.05) is 116 Å². The number of hydrogen-bond acceptors (Lipinski definition) is 6. The molecule has 0 spiro atoms. The average molecular weight is 860 g/mol. The fourth-order valence-electron chi connectivity index (χ4n) is 9.12. The predicted molar refractivity (Wildman–Crippen MR) is 247 cm³/mol. The van der Waals surface area contributed by atoms with Gasteiger partial charge in [-0.25, -0.2) is 4.39 Å². The van der Waals surface area contributed by atoms with Gasteiger partial charge < -0.3 is 33.9 Å². The minimum absolute atomic E-state index is 0.111. The molecule has 0 radical (unpaired) electrons. The molecule has 4 aromatic carbocycles. The first-order chi connectivity index (χ1) is 30.7. The SMILES string of the molecule is Cc1c(-c2c(C(=O)Nc3ccccc3)c(C)n(C)c2-c2cc3c(cc2C(=O)N2Cc4ccccc4C[C@H]2C)CN(C(=O)Cc2ccc(OCCN(C)C)cc2F)CC3)cc(C#N)n1C. The molecule has 11 nitrogen and oxygen atoms in total. The monoisotopic (exact) mass is 859 g/mol. The number of anilines is 1. The molecule has 1 N–H and O–H groups in total. The number of nitrogens with zero attached hydrogens (tertiary/aromatic N) is 6. The topological polar surface area (TPSA) is 116 Å². The number of benzene rings is 4. The van der Waals surface area contributed by atoms with Gasteiger partial charge in [-0.05, 0) is 112 Å². The highest BCUT2D eigenvalue weighted by Crippen LogP contribution is 2.44. The summed E-state index contributed by atoms with van der Waals surface area (Å²) in [4.78, 5) is 49.5. The Morgan fingerprint density at radius 3 is 2.30 bits per heavy atom. The highest BCUT2D eigenvalue weighted by Gasteiger charge is 2.35. The third-order valence-electron chi connectivity index (χ3n) is 13.0. The third-order valence-corrected chi connectivity index (χ3v) is 13.0. The van der Waals surface area contributed by atoms with Crippen LogP contribution in [0.2, 0.25) is 0 Å². The molecule has 0 unspecified atom stereocenters. The Kier molecular flexibility index (Phi) is 12.3. The lowest BCUT2D eigenvalue weighted by Crippen LogP contribution is -2.43. The van der Waals surface area contributed by atoms with Crippen molar-refractivity contribution in [3.8, 4) is 34.2 Å². The first kappa shape index (κ1) is 43.7. The minimum atomic E-state index is -0.496. The van der Waals surface area contributed by atoms with Gasteiger partial charge >= 0.3 is 0 Å². The molecule has 0 fully saturated rings. The lowest BCUT2D eigenvalue weighted by Gasteiger charge is -2.36. The minimum Gasteiger partial charge on any atom is -0.492 e. The van der Waals surface area contributed by atoms with E-state index in [1.54, 1.807) is 17.0 Å². The number of nitriles is 1. The molecule has 2 aromatic heterocycles. The molecule has 64 heavy (non-hydrogen) atoms. The zero-order valence-electron chi connectivity index (χ0n) is 37.6. The normalized spacial score (nSPS) is 14.5. The zero-order chi connectivity index (χ0) is 45.4. The second-order valence-corrected chi connectivity index (χ2v) is 17.3. The number of fused-ring (bicyclic) bond motifs is 2. The molecule has 2 aliphatic heterocycles. The highest BCUT2D eigenvalue weighted by atomic mass is 19.1. The Bertz CT molecular complexity index is 2830. The largest absolute Gasteiger partial charge is 0.492 e. The average Bonchev–Trinajstić information content (AvgIpc) is 3.72. The van der Waals surface area contributed by atoms with Crippen LogP contribution in [0.25, 0.3) is 22.4 Å². The van der Waals surface area contributed by atoms with Crippen LogP contribution >= 0.6 is 0 Å². The third kappa shape index (κ3) is 8.43. The molecule has 8 rings (SSSR count). The maximum atomic E-state index is 15.4. The number of carbonyl (C=O) groups excluding carboxylic acids is 3. The van der Waals surface area contributed by atoms with Crippen LogP contribution in [-0.4, -0.2) is 81.4 Å². The van der Waals surface area contributed by atoms with E-state index < -0.39 is 5.82 Å². The molecular weight excluding hydrogens is 806 g/mol. The number of nitrogens with one attached hydrogen (secondary N) is 1. The predicted octanol–water partition coefficient (Wildman–Crippen LogP) is 8.23. The van der Waals surface area contributed by atoms with E-state index in [4.69, 9.17) is 4.74 Å². The van der Waals surface area contributed by atoms with E-state index >= 15 is 9.18 Å². The first-order valence-electron chi connectivity index (χ1n) is 21.7. The summed E-state index contributed by atoms with van der Waals surface area (Å²) < 4.78 is 24.9. The Hall–Kier alpha value is -6.97. The summed E-state index contributed by atoms with van der Waals surface area (Å²) in [6, 6.07) is 30.1. The van der Waals surface area contributed by atoms with Gasteiger partial charge in [-0.15, -0.1) is 0 Å². The van der Waals surface area contributed by atoms with Gasteiger partial charge in [0.05, 0.1) is 17.7 Å². The summed E-state index contributed by atoms with van der Waals surface area (Å²) >= 11 is 0. The molecule has 1 atom stereocenters. The second-order valence-electron chi connectivity index (χ2n) is 17.3. The Morgan fingerprint density at radius 1 is 0.859 bits per heavy atom. The van der Waals surface area contributed by atoms with Gasteiger partial charge in [0.2, 0.25) is 5.91 Å². The summed E-state index contributed by atoms with van der Waals surface area (Å²) in [6.07, 6.45) is 1.08. The molecular formula is C52H54FN7O4. The first-order valence-corrected chi connectivity index (χ1v) is 21.7. The van der Waals surface area contributed by atoms with Crippen molar-refractivity contribution in [3.63, 3.8) is 0 Å². The summed E-state index contributed by atoms with van der Waals surface area (Å²) in [6.45, 7) is 8.07. The smallest absolute Gasteiger partial charge is 0.258 e. The van der Waals surface area contributed by atoms with Crippen LogP contribution in [-0.2, 0) is 51.2 Å². The summed E-state index contributed by atoms with van der Waals surface area (Å²) in [5.74, 6) is -0.780. The molecule has 6 aromatic rings. The van der Waals surface area contributed by atoms with Crippen molar-refractivity contribution >= 4 is 23.4 Å². The van der Waals surface area contributed by atoms with Crippen LogP contribution in [0.15, 0.2) is 91.0 Å². The van der Waals surface area contributed by atoms with Crippen molar-refractivity contribution in [1.82, 2.24) is 23.8 Å². The molecule has 12 heteroatoms. The van der Waals surface area contributed by atoms with E-state index in [0.29, 0.717) is 95.4 Å². The quantitative estimate of drug-likeness (QED) is 0.140. The lowest BCUT2D eigenvalue weighted by molar-refractivity contribution is -0.131. The van der Waals surface area contributed by atoms with Gasteiger partial charge in [-0.1, -0.05) is 48.5 Å². The zero-order valence-corrected chi connectivity index (χ0v) is 37.6. The van der Waals surface area contributed by atoms with Crippen LogP contribution in [0.3, 0.4) is 0 Å². The van der Waals surface area contributed by atoms with Crippen molar-refractivity contribution in [2.45, 2.75) is 59.2 Å². The molecule has 4 heterocycles. The van der Waals surface area contributed by atoms with E-state index in [9.17, 15) is 14.9 Å². The van der Waals surface area contributed by atoms with E-state index in [1.165, 1.54) is 11.6 Å².